The molecule has 0 saturated heterocycles. The fourth-order valence-corrected chi connectivity index (χ4v) is 4.57. The van der Waals surface area contributed by atoms with Crippen LogP contribution >= 0.6 is 0 Å². The van der Waals surface area contributed by atoms with Crippen molar-refractivity contribution < 1.29 is 45.4 Å². The zero-order valence-electron chi connectivity index (χ0n) is 23.8. The highest BCUT2D eigenvalue weighted by molar-refractivity contribution is 7.86. The number of rotatable bonds is 24. The van der Waals surface area contributed by atoms with Gasteiger partial charge < -0.3 is 32.8 Å². The third-order valence-electron chi connectivity index (χ3n) is 5.85. The molecule has 0 aromatic heterocycles. The summed E-state index contributed by atoms with van der Waals surface area (Å²) in [4.78, 5) is 0.127. The maximum atomic E-state index is 11.9. The van der Waals surface area contributed by atoms with Gasteiger partial charge in [-0.25, -0.2) is 0 Å². The molecule has 0 saturated carbocycles. The lowest BCUT2D eigenvalue weighted by atomic mass is 10.2. The molecular weight excluding hydrogens is 532 g/mol. The van der Waals surface area contributed by atoms with Crippen molar-refractivity contribution in [2.45, 2.75) is 43.8 Å². The Bertz CT molecular complexity index is 800. The summed E-state index contributed by atoms with van der Waals surface area (Å²) >= 11 is 0. The van der Waals surface area contributed by atoms with Gasteiger partial charge in [0.15, 0.2) is 8.32 Å². The van der Waals surface area contributed by atoms with E-state index < -0.39 is 18.4 Å². The van der Waals surface area contributed by atoms with Crippen molar-refractivity contribution in [1.29, 1.82) is 0 Å². The van der Waals surface area contributed by atoms with Gasteiger partial charge in [0.2, 0.25) is 0 Å². The highest BCUT2D eigenvalue weighted by Gasteiger charge is 2.36. The standard InChI is InChI=1S/C26H48O10SSi/c1-26(2,3)38(4,5)36-24-22-34-20-18-32-16-14-30-12-11-29-13-15-31-17-19-33-21-23-35-37(27,28)25-9-7-6-8-10-25/h6-10H,11-24H2,1-5H3. The summed E-state index contributed by atoms with van der Waals surface area (Å²) < 4.78 is 67.5. The van der Waals surface area contributed by atoms with E-state index >= 15 is 0 Å². The molecule has 0 N–H and O–H groups in total. The van der Waals surface area contributed by atoms with E-state index in [1.54, 1.807) is 18.2 Å². The van der Waals surface area contributed by atoms with Crippen LogP contribution in [0.25, 0.3) is 0 Å². The van der Waals surface area contributed by atoms with Crippen molar-refractivity contribution >= 4 is 18.4 Å². The van der Waals surface area contributed by atoms with E-state index in [0.29, 0.717) is 79.3 Å². The largest absolute Gasteiger partial charge is 0.414 e. The van der Waals surface area contributed by atoms with Crippen molar-refractivity contribution in [3.63, 3.8) is 0 Å². The fraction of sp³-hybridized carbons (Fsp3) is 0.769. The highest BCUT2D eigenvalue weighted by Crippen LogP contribution is 2.36. The first-order valence-corrected chi connectivity index (χ1v) is 17.4. The summed E-state index contributed by atoms with van der Waals surface area (Å²) in [6.07, 6.45) is 0. The maximum absolute atomic E-state index is 11.9. The van der Waals surface area contributed by atoms with Crippen LogP contribution in [0.15, 0.2) is 35.2 Å². The second kappa shape index (κ2) is 20.0. The Labute approximate surface area is 230 Å². The minimum Gasteiger partial charge on any atom is -0.414 e. The predicted molar refractivity (Wildman–Crippen MR) is 148 cm³/mol. The molecule has 1 aromatic rings. The van der Waals surface area contributed by atoms with Gasteiger partial charge in [0.1, 0.15) is 0 Å². The van der Waals surface area contributed by atoms with E-state index in [-0.39, 0.29) is 23.1 Å². The van der Waals surface area contributed by atoms with Gasteiger partial charge in [-0.2, -0.15) is 8.42 Å². The Morgan fingerprint density at radius 1 is 0.579 bits per heavy atom. The molecule has 0 heterocycles. The van der Waals surface area contributed by atoms with Gasteiger partial charge >= 0.3 is 0 Å². The summed E-state index contributed by atoms with van der Waals surface area (Å²) in [7, 11) is -5.45. The number of hydrogen-bond donors (Lipinski definition) is 0. The van der Waals surface area contributed by atoms with Crippen LogP contribution in [0, 0.1) is 0 Å². The molecule has 222 valence electrons. The fourth-order valence-electron chi connectivity index (χ4n) is 2.63. The maximum Gasteiger partial charge on any atom is 0.297 e. The van der Waals surface area contributed by atoms with Crippen LogP contribution in [0.5, 0.6) is 0 Å². The molecule has 0 aliphatic rings. The molecule has 12 heteroatoms. The zero-order valence-corrected chi connectivity index (χ0v) is 25.6. The third-order valence-corrected chi connectivity index (χ3v) is 11.7. The average molecular weight is 581 g/mol. The third kappa shape index (κ3) is 16.9. The molecule has 1 rings (SSSR count). The minimum atomic E-state index is -3.75. The Balaban J connectivity index is 1.77. The lowest BCUT2D eigenvalue weighted by Crippen LogP contribution is -2.41. The number of ether oxygens (including phenoxy) is 6. The second-order valence-corrected chi connectivity index (χ2v) is 16.3. The van der Waals surface area contributed by atoms with Crippen molar-refractivity contribution in [3.8, 4) is 0 Å². The first kappa shape index (κ1) is 35.1. The van der Waals surface area contributed by atoms with Gasteiger partial charge in [-0.3, -0.25) is 4.18 Å². The summed E-state index contributed by atoms with van der Waals surface area (Å²) in [5.74, 6) is 0. The van der Waals surface area contributed by atoms with Gasteiger partial charge in [0.05, 0.1) is 97.4 Å². The van der Waals surface area contributed by atoms with E-state index in [4.69, 9.17) is 37.0 Å². The average Bonchev–Trinajstić information content (AvgIpc) is 2.87. The highest BCUT2D eigenvalue weighted by atomic mass is 32.2. The molecule has 0 radical (unpaired) electrons. The van der Waals surface area contributed by atoms with Crippen molar-refractivity contribution in [2.24, 2.45) is 0 Å². The molecule has 38 heavy (non-hydrogen) atoms. The van der Waals surface area contributed by atoms with Crippen LogP contribution in [0.3, 0.4) is 0 Å². The molecule has 0 bridgehead atoms. The first-order valence-electron chi connectivity index (χ1n) is 13.1. The van der Waals surface area contributed by atoms with E-state index in [2.05, 4.69) is 33.9 Å². The predicted octanol–water partition coefficient (Wildman–Crippen LogP) is 3.51. The second-order valence-electron chi connectivity index (χ2n) is 9.87. The molecule has 1 aromatic carbocycles. The Kier molecular flexibility index (Phi) is 18.5. The first-order chi connectivity index (χ1) is 18.1. The van der Waals surface area contributed by atoms with E-state index in [9.17, 15) is 8.42 Å². The molecule has 0 aliphatic heterocycles. The summed E-state index contributed by atoms with van der Waals surface area (Å²) in [5, 5.41) is 0.210. The molecule has 0 spiro atoms. The van der Waals surface area contributed by atoms with Gasteiger partial charge in [-0.1, -0.05) is 39.0 Å². The smallest absolute Gasteiger partial charge is 0.297 e. The quantitative estimate of drug-likeness (QED) is 0.102. The zero-order chi connectivity index (χ0) is 28.2. The molecule has 0 amide bonds. The Morgan fingerprint density at radius 3 is 1.29 bits per heavy atom. The summed E-state index contributed by atoms with van der Waals surface area (Å²) in [5.41, 5.74) is 0. The van der Waals surface area contributed by atoms with E-state index in [1.807, 2.05) is 0 Å². The Hall–Kier alpha value is -0.933. The van der Waals surface area contributed by atoms with Crippen LogP contribution in [0.4, 0.5) is 0 Å². The topological polar surface area (TPSA) is 108 Å². The molecule has 0 aliphatic carbocycles. The monoisotopic (exact) mass is 580 g/mol. The van der Waals surface area contributed by atoms with E-state index in [1.165, 1.54) is 12.1 Å². The number of benzene rings is 1. The van der Waals surface area contributed by atoms with Crippen molar-refractivity contribution in [3.05, 3.63) is 30.3 Å². The van der Waals surface area contributed by atoms with Crippen molar-refractivity contribution in [2.75, 3.05) is 92.5 Å². The molecule has 0 fully saturated rings. The molecule has 0 atom stereocenters. The van der Waals surface area contributed by atoms with Gasteiger partial charge in [-0.15, -0.1) is 0 Å². The van der Waals surface area contributed by atoms with Crippen molar-refractivity contribution in [1.82, 2.24) is 0 Å². The number of hydrogen-bond acceptors (Lipinski definition) is 10. The van der Waals surface area contributed by atoms with Crippen LogP contribution in [-0.4, -0.2) is 109 Å². The van der Waals surface area contributed by atoms with Gasteiger partial charge in [-0.05, 0) is 30.3 Å². The SMILES string of the molecule is CC(C)(C)[Si](C)(C)OCCOCCOCCOCCOCCOCCOCCOS(=O)(=O)c1ccccc1. The van der Waals surface area contributed by atoms with Crippen LogP contribution < -0.4 is 0 Å². The van der Waals surface area contributed by atoms with Crippen LogP contribution in [0.1, 0.15) is 20.8 Å². The lowest BCUT2D eigenvalue weighted by molar-refractivity contribution is -0.0188. The molecular formula is C26H48O10SSi. The van der Waals surface area contributed by atoms with Gasteiger partial charge in [0.25, 0.3) is 10.1 Å². The van der Waals surface area contributed by atoms with Gasteiger partial charge in [0, 0.05) is 0 Å². The normalized spacial score (nSPS) is 12.8. The Morgan fingerprint density at radius 2 is 0.921 bits per heavy atom. The lowest BCUT2D eigenvalue weighted by Gasteiger charge is -2.36. The molecule has 0 unspecified atom stereocenters. The summed E-state index contributed by atoms with van der Waals surface area (Å²) in [6.45, 7) is 17.1. The van der Waals surface area contributed by atoms with Crippen LogP contribution in [-0.2, 0) is 47.1 Å². The van der Waals surface area contributed by atoms with Crippen LogP contribution in [0.2, 0.25) is 18.1 Å². The minimum absolute atomic E-state index is 0.0494. The van der Waals surface area contributed by atoms with E-state index in [0.717, 1.165) is 0 Å². The molecule has 10 nitrogen and oxygen atoms in total. The summed E-state index contributed by atoms with van der Waals surface area (Å²) in [6, 6.07) is 8.00.